The number of primary amides is 1. The minimum absolute atomic E-state index is 0.00272. The highest BCUT2D eigenvalue weighted by Gasteiger charge is 2.21. The summed E-state index contributed by atoms with van der Waals surface area (Å²) in [5.41, 5.74) is 20.8. The summed E-state index contributed by atoms with van der Waals surface area (Å²) in [5.74, 6) is -0.368. The molecule has 6 rings (SSSR count). The van der Waals surface area contributed by atoms with E-state index in [1.54, 1.807) is 12.5 Å². The van der Waals surface area contributed by atoms with E-state index in [0.29, 0.717) is 25.9 Å². The molecule has 0 atom stereocenters. The molecule has 2 amide bonds. The highest BCUT2D eigenvalue weighted by atomic mass is 16.1. The Morgan fingerprint density at radius 1 is 0.824 bits per heavy atom. The van der Waals surface area contributed by atoms with Crippen molar-refractivity contribution in [3.8, 4) is 0 Å². The van der Waals surface area contributed by atoms with Gasteiger partial charge in [-0.2, -0.15) is 0 Å². The van der Waals surface area contributed by atoms with Crippen LogP contribution in [-0.4, -0.2) is 47.4 Å². The van der Waals surface area contributed by atoms with Gasteiger partial charge in [0.1, 0.15) is 0 Å². The number of carbonyl (C=O) groups excluding carboxylic acids is 2. The molecule has 2 aliphatic heterocycles. The number of imidazole rings is 1. The number of nitrogens with two attached hydrogens (primary N) is 1. The van der Waals surface area contributed by atoms with Crippen LogP contribution < -0.4 is 11.1 Å². The third kappa shape index (κ3) is 6.99. The lowest BCUT2D eigenvalue weighted by molar-refractivity contribution is -0.121. The number of aryl methyl sites for hydroxylation is 6. The van der Waals surface area contributed by atoms with Crippen LogP contribution in [0.1, 0.15) is 78.1 Å². The molecular weight excluding hydrogens is 637 g/mol. The van der Waals surface area contributed by atoms with Crippen LogP contribution in [0, 0.1) is 20.8 Å². The number of fused-ring (bicyclic) bond motifs is 8. The maximum absolute atomic E-state index is 13.1. The molecular formula is C41H46N8O2. The third-order valence-corrected chi connectivity index (χ3v) is 10.1. The summed E-state index contributed by atoms with van der Waals surface area (Å²) in [5, 5.41) is 3.08. The molecule has 6 heterocycles. The van der Waals surface area contributed by atoms with Crippen molar-refractivity contribution >= 4 is 56.2 Å². The van der Waals surface area contributed by atoms with E-state index in [1.165, 1.54) is 0 Å². The largest absolute Gasteiger partial charge is 0.370 e. The number of allylic oxidation sites excluding steroid dienone is 6. The number of amides is 2. The molecule has 51 heavy (non-hydrogen) atoms. The van der Waals surface area contributed by atoms with Gasteiger partial charge in [-0.1, -0.05) is 25.3 Å². The standard InChI is InChI=1S/C41H46N8O2/c1-8-29-26(5)32-19-36-30(9-2)27(6)34(47-36)21-38-24(3)25(4)39(49(38)17-13-40(42)50)22-37-31(28(7)33(46-37)20-35(29)45-32)11-12-41(51)44-14-10-16-48-18-15-43-23-48/h8-9,15,18-23,46H,1-2,10-14,16-17H2,3-7H3,(H2,42,50)(H,44,51). The Bertz CT molecular complexity index is 2300. The molecule has 0 aliphatic carbocycles. The van der Waals surface area contributed by atoms with Gasteiger partial charge in [-0.05, 0) is 105 Å². The Kier molecular flexibility index (Phi) is 10.0. The summed E-state index contributed by atoms with van der Waals surface area (Å²) in [6.07, 6.45) is 11.0. The lowest BCUT2D eigenvalue weighted by Gasteiger charge is -2.07. The van der Waals surface area contributed by atoms with Crippen molar-refractivity contribution in [1.82, 2.24) is 34.4 Å². The number of rotatable bonds is 12. The zero-order chi connectivity index (χ0) is 36.4. The monoisotopic (exact) mass is 682 g/mol. The van der Waals surface area contributed by atoms with Gasteiger partial charge in [-0.15, -0.1) is 0 Å². The van der Waals surface area contributed by atoms with E-state index < -0.39 is 0 Å². The van der Waals surface area contributed by atoms with Gasteiger partial charge in [0.05, 0.1) is 29.1 Å². The van der Waals surface area contributed by atoms with E-state index in [4.69, 9.17) is 15.7 Å². The predicted octanol–water partition coefficient (Wildman–Crippen LogP) is 7.16. The van der Waals surface area contributed by atoms with Gasteiger partial charge in [0.2, 0.25) is 11.8 Å². The second kappa shape index (κ2) is 14.6. The Balaban J connectivity index is 1.55. The van der Waals surface area contributed by atoms with Crippen LogP contribution in [0.5, 0.6) is 0 Å². The Morgan fingerprint density at radius 3 is 2.10 bits per heavy atom. The molecule has 0 spiro atoms. The summed E-state index contributed by atoms with van der Waals surface area (Å²) in [7, 11) is 0. The first-order valence-electron chi connectivity index (χ1n) is 17.4. The molecule has 4 N–H and O–H groups in total. The van der Waals surface area contributed by atoms with Gasteiger partial charge in [-0.3, -0.25) is 9.59 Å². The number of hydrogen-bond acceptors (Lipinski definition) is 5. The molecule has 10 nitrogen and oxygen atoms in total. The van der Waals surface area contributed by atoms with E-state index in [2.05, 4.69) is 85.8 Å². The minimum atomic E-state index is -0.370. The first-order chi connectivity index (χ1) is 24.5. The summed E-state index contributed by atoms with van der Waals surface area (Å²) in [4.78, 5) is 43.1. The second-order valence-corrected chi connectivity index (χ2v) is 13.3. The molecule has 0 radical (unpaired) electrons. The van der Waals surface area contributed by atoms with E-state index in [-0.39, 0.29) is 18.2 Å². The van der Waals surface area contributed by atoms with Gasteiger partial charge < -0.3 is 25.2 Å². The van der Waals surface area contributed by atoms with Crippen LogP contribution in [0.3, 0.4) is 0 Å². The molecule has 10 heteroatoms. The van der Waals surface area contributed by atoms with Crippen molar-refractivity contribution in [2.75, 3.05) is 6.54 Å². The van der Waals surface area contributed by atoms with Crippen molar-refractivity contribution in [1.29, 1.82) is 0 Å². The zero-order valence-corrected chi connectivity index (χ0v) is 30.2. The minimum Gasteiger partial charge on any atom is -0.370 e. The molecule has 2 aliphatic rings. The molecule has 262 valence electrons. The van der Waals surface area contributed by atoms with Gasteiger partial charge in [-0.25, -0.2) is 15.0 Å². The summed E-state index contributed by atoms with van der Waals surface area (Å²) in [6.45, 7) is 20.4. The topological polar surface area (TPSA) is 137 Å². The number of carbonyl (C=O) groups is 2. The second-order valence-electron chi connectivity index (χ2n) is 13.3. The predicted molar refractivity (Wildman–Crippen MR) is 206 cm³/mol. The summed E-state index contributed by atoms with van der Waals surface area (Å²) in [6, 6.07) is 8.31. The van der Waals surface area contributed by atoms with Crippen molar-refractivity contribution < 1.29 is 9.59 Å². The van der Waals surface area contributed by atoms with E-state index in [1.807, 2.05) is 29.0 Å². The molecule has 0 unspecified atom stereocenters. The van der Waals surface area contributed by atoms with Crippen LogP contribution in [-0.2, 0) is 29.1 Å². The smallest absolute Gasteiger partial charge is 0.220 e. The fraction of sp³-hybridized carbons (Fsp3) is 0.293. The van der Waals surface area contributed by atoms with E-state index in [9.17, 15) is 9.59 Å². The van der Waals surface area contributed by atoms with Crippen LogP contribution in [0.15, 0.2) is 68.3 Å². The van der Waals surface area contributed by atoms with Crippen molar-refractivity contribution in [2.45, 2.75) is 73.4 Å². The lowest BCUT2D eigenvalue weighted by atomic mass is 10.0. The average molecular weight is 683 g/mol. The molecule has 0 aromatic carbocycles. The molecule has 0 saturated heterocycles. The molecule has 8 bridgehead atoms. The highest BCUT2D eigenvalue weighted by molar-refractivity contribution is 5.99. The maximum atomic E-state index is 13.1. The quantitative estimate of drug-likeness (QED) is 0.136. The third-order valence-electron chi connectivity index (χ3n) is 10.1. The van der Waals surface area contributed by atoms with Crippen molar-refractivity contribution in [2.24, 2.45) is 5.73 Å². The zero-order valence-electron chi connectivity index (χ0n) is 30.2. The van der Waals surface area contributed by atoms with E-state index in [0.717, 1.165) is 102 Å². The number of nitrogens with zero attached hydrogens (tertiary/aromatic N) is 5. The van der Waals surface area contributed by atoms with Crippen LogP contribution in [0.2, 0.25) is 0 Å². The number of hydrogen-bond donors (Lipinski definition) is 3. The number of nitrogens with one attached hydrogen (secondary N) is 2. The first-order valence-corrected chi connectivity index (χ1v) is 17.4. The molecule has 0 fully saturated rings. The number of aromatic nitrogens is 6. The summed E-state index contributed by atoms with van der Waals surface area (Å²) < 4.78 is 4.16. The summed E-state index contributed by atoms with van der Waals surface area (Å²) >= 11 is 0. The van der Waals surface area contributed by atoms with Crippen LogP contribution in [0.4, 0.5) is 0 Å². The van der Waals surface area contributed by atoms with E-state index >= 15 is 0 Å². The van der Waals surface area contributed by atoms with Gasteiger partial charge in [0.25, 0.3) is 0 Å². The maximum Gasteiger partial charge on any atom is 0.220 e. The normalized spacial score (nSPS) is 12.8. The Morgan fingerprint density at radius 2 is 1.47 bits per heavy atom. The molecule has 4 aromatic heterocycles. The van der Waals surface area contributed by atoms with Crippen LogP contribution in [0.25, 0.3) is 44.4 Å². The highest BCUT2D eigenvalue weighted by Crippen LogP contribution is 2.36. The molecule has 4 aromatic rings. The number of H-pyrrole nitrogens is 1. The average Bonchev–Trinajstić information content (AvgIpc) is 3.89. The SMILES string of the molecule is C=CC1=C(C)c2cc3c(C)c(C)c(cc4[nH]c(cc5nc(cc1n2)C(C)=C5C=C)c(C)c4CCC(=O)NCCCn1ccnc1)n3CCC(N)=O. The molecule has 0 saturated carbocycles. The fourth-order valence-corrected chi connectivity index (χ4v) is 7.01. The first kappa shape index (κ1) is 35.1. The Hall–Kier alpha value is -5.77. The number of aromatic amines is 1. The Labute approximate surface area is 298 Å². The van der Waals surface area contributed by atoms with Crippen molar-refractivity contribution in [3.63, 3.8) is 0 Å². The van der Waals surface area contributed by atoms with Gasteiger partial charge in [0.15, 0.2) is 0 Å². The lowest BCUT2D eigenvalue weighted by Crippen LogP contribution is -2.25. The van der Waals surface area contributed by atoms with Gasteiger partial charge >= 0.3 is 0 Å². The van der Waals surface area contributed by atoms with Crippen molar-refractivity contribution in [3.05, 3.63) is 113 Å². The van der Waals surface area contributed by atoms with Crippen LogP contribution >= 0.6 is 0 Å². The fourth-order valence-electron chi connectivity index (χ4n) is 7.01. The van der Waals surface area contributed by atoms with Gasteiger partial charge in [0, 0.05) is 78.1 Å².